The highest BCUT2D eigenvalue weighted by molar-refractivity contribution is 7.88. The van der Waals surface area contributed by atoms with Crippen molar-refractivity contribution in [2.45, 2.75) is 38.3 Å². The van der Waals surface area contributed by atoms with Gasteiger partial charge in [-0.1, -0.05) is 18.2 Å². The van der Waals surface area contributed by atoms with Crippen molar-refractivity contribution < 1.29 is 18.5 Å². The molecule has 0 bridgehead atoms. The molecule has 4 N–H and O–H groups in total. The molecule has 14 heteroatoms. The van der Waals surface area contributed by atoms with Crippen LogP contribution in [0.3, 0.4) is 0 Å². The number of carbonyl (C=O) groups is 1. The fourth-order valence-electron chi connectivity index (χ4n) is 6.03. The van der Waals surface area contributed by atoms with E-state index in [2.05, 4.69) is 26.3 Å². The minimum Gasteiger partial charge on any atom is -0.598 e. The zero-order valence-corrected chi connectivity index (χ0v) is 28.1. The number of halogens is 1. The zero-order valence-electron chi connectivity index (χ0n) is 27.3. The molecule has 2 unspecified atom stereocenters. The number of nitrogens with one attached hydrogen (secondary N) is 2. The zero-order chi connectivity index (χ0) is 34.4. The SMILES string of the molecule is C[S+]([O-])N1CCN(C(C)(C)/C=C(\C#N)C(=O)N2CCCC(Nc3ncnc(N)c3C(=N)c3ccc(Oc4ccccc4)cc3F)C2)CC1. The third-order valence-corrected chi connectivity index (χ3v) is 9.72. The molecule has 252 valence electrons. The average Bonchev–Trinajstić information content (AvgIpc) is 3.07. The largest absolute Gasteiger partial charge is 0.598 e. The van der Waals surface area contributed by atoms with Gasteiger partial charge in [0.15, 0.2) is 0 Å². The lowest BCUT2D eigenvalue weighted by atomic mass is 9.96. The highest BCUT2D eigenvalue weighted by Crippen LogP contribution is 2.29. The topological polar surface area (TPSA) is 171 Å². The van der Waals surface area contributed by atoms with E-state index in [0.717, 1.165) is 0 Å². The summed E-state index contributed by atoms with van der Waals surface area (Å²) < 4.78 is 34.8. The van der Waals surface area contributed by atoms with E-state index in [1.54, 1.807) is 35.4 Å². The van der Waals surface area contributed by atoms with Crippen LogP contribution in [0.1, 0.15) is 37.8 Å². The number of nitrogens with two attached hydrogens (primary N) is 1. The number of piperidine rings is 1. The molecule has 2 aromatic carbocycles. The third-order valence-electron chi connectivity index (χ3n) is 8.63. The maximum atomic E-state index is 15.3. The van der Waals surface area contributed by atoms with Crippen LogP contribution in [-0.4, -0.2) is 97.3 Å². The normalized spacial score (nSPS) is 18.5. The Morgan fingerprint density at radius 3 is 2.56 bits per heavy atom. The van der Waals surface area contributed by atoms with Gasteiger partial charge in [-0.2, -0.15) is 5.26 Å². The number of hydrogen-bond donors (Lipinski definition) is 3. The number of nitrogen functional groups attached to an aromatic ring is 1. The number of rotatable bonds is 10. The van der Waals surface area contributed by atoms with Crippen LogP contribution in [0, 0.1) is 22.6 Å². The van der Waals surface area contributed by atoms with E-state index in [1.807, 2.05) is 36.4 Å². The Kier molecular flexibility index (Phi) is 11.0. The quantitative estimate of drug-likeness (QED) is 0.124. The molecule has 0 saturated carbocycles. The van der Waals surface area contributed by atoms with E-state index in [-0.39, 0.29) is 58.3 Å². The number of carbonyl (C=O) groups excluding carboxylic acids is 1. The molecule has 0 radical (unpaired) electrons. The molecule has 1 aromatic heterocycles. The van der Waals surface area contributed by atoms with E-state index in [9.17, 15) is 14.6 Å². The second-order valence-corrected chi connectivity index (χ2v) is 13.7. The summed E-state index contributed by atoms with van der Waals surface area (Å²) in [6, 6.07) is 15.1. The standard InChI is InChI=1S/C34H40FN9O3S/c1-34(2,43-14-16-44(17-15-43)48(3)46)19-23(20-36)33(45)42-13-7-8-24(21-42)41-32-29(31(38)39-22-40-32)30(37)27-12-11-26(18-28(27)35)47-25-9-5-4-6-10-25/h4-6,9-12,18-19,22,24,37H,7-8,13-17,21H2,1-3H3,(H3,38,39,40,41)/b23-19+,37-30?. The number of aromatic nitrogens is 2. The fourth-order valence-corrected chi connectivity index (χ4v) is 6.70. The van der Waals surface area contributed by atoms with E-state index in [0.29, 0.717) is 51.3 Å². The van der Waals surface area contributed by atoms with Gasteiger partial charge in [0.1, 0.15) is 53.2 Å². The van der Waals surface area contributed by atoms with Crippen molar-refractivity contribution >= 4 is 34.6 Å². The Morgan fingerprint density at radius 1 is 1.17 bits per heavy atom. The van der Waals surface area contributed by atoms with Crippen LogP contribution >= 0.6 is 0 Å². The molecule has 2 aliphatic rings. The lowest BCUT2D eigenvalue weighted by molar-refractivity contribution is -0.127. The number of benzene rings is 2. The number of para-hydroxylation sites is 1. The molecule has 0 spiro atoms. The van der Waals surface area contributed by atoms with Gasteiger partial charge in [0.25, 0.3) is 5.91 Å². The third kappa shape index (κ3) is 8.11. The molecule has 3 aromatic rings. The second-order valence-electron chi connectivity index (χ2n) is 12.3. The first-order valence-corrected chi connectivity index (χ1v) is 17.2. The van der Waals surface area contributed by atoms with Crippen molar-refractivity contribution in [1.29, 1.82) is 10.7 Å². The van der Waals surface area contributed by atoms with Crippen molar-refractivity contribution in [1.82, 2.24) is 24.1 Å². The van der Waals surface area contributed by atoms with Gasteiger partial charge < -0.3 is 25.2 Å². The van der Waals surface area contributed by atoms with Crippen molar-refractivity contribution in [3.63, 3.8) is 0 Å². The number of nitriles is 1. The molecule has 48 heavy (non-hydrogen) atoms. The summed E-state index contributed by atoms with van der Waals surface area (Å²) in [5.74, 6) is 0.0637. The van der Waals surface area contributed by atoms with Crippen molar-refractivity contribution in [3.8, 4) is 17.6 Å². The average molecular weight is 674 g/mol. The maximum absolute atomic E-state index is 15.3. The van der Waals surface area contributed by atoms with Crippen LogP contribution in [0.5, 0.6) is 11.5 Å². The molecule has 3 heterocycles. The van der Waals surface area contributed by atoms with Crippen molar-refractivity contribution in [2.24, 2.45) is 0 Å². The number of piperazine rings is 1. The lowest BCUT2D eigenvalue weighted by Gasteiger charge is -2.42. The minimum atomic E-state index is -1.04. The Bertz CT molecular complexity index is 1710. The van der Waals surface area contributed by atoms with Gasteiger partial charge in [-0.3, -0.25) is 15.1 Å². The highest BCUT2D eigenvalue weighted by Gasteiger charge is 2.34. The second kappa shape index (κ2) is 15.1. The number of likely N-dealkylation sites (tertiary alicyclic amines) is 1. The molecule has 2 aliphatic heterocycles. The number of amides is 1. The number of anilines is 2. The van der Waals surface area contributed by atoms with Crippen LogP contribution in [0.15, 0.2) is 66.5 Å². The predicted octanol–water partition coefficient (Wildman–Crippen LogP) is 3.95. The number of ether oxygens (including phenoxy) is 1. The van der Waals surface area contributed by atoms with E-state index >= 15 is 4.39 Å². The molecule has 2 atom stereocenters. The van der Waals surface area contributed by atoms with Crippen LogP contribution in [0.4, 0.5) is 16.0 Å². The van der Waals surface area contributed by atoms with Gasteiger partial charge in [0, 0.05) is 60.8 Å². The first-order chi connectivity index (χ1) is 23.0. The molecular weight excluding hydrogens is 633 g/mol. The minimum absolute atomic E-state index is 0.00353. The number of hydrogen-bond acceptors (Lipinski definition) is 11. The summed E-state index contributed by atoms with van der Waals surface area (Å²) in [7, 11) is 0. The summed E-state index contributed by atoms with van der Waals surface area (Å²) in [5.41, 5.74) is 5.65. The summed E-state index contributed by atoms with van der Waals surface area (Å²) in [6.07, 6.45) is 6.02. The van der Waals surface area contributed by atoms with Crippen LogP contribution in [0.2, 0.25) is 0 Å². The monoisotopic (exact) mass is 673 g/mol. The van der Waals surface area contributed by atoms with Gasteiger partial charge in [0.05, 0.1) is 24.4 Å². The molecular formula is C34H40FN9O3S. The van der Waals surface area contributed by atoms with Crippen molar-refractivity contribution in [2.75, 3.05) is 56.6 Å². The Balaban J connectivity index is 1.28. The Morgan fingerprint density at radius 2 is 1.90 bits per heavy atom. The van der Waals surface area contributed by atoms with Gasteiger partial charge in [0.2, 0.25) is 0 Å². The summed E-state index contributed by atoms with van der Waals surface area (Å²) in [6.45, 7) is 7.33. The van der Waals surface area contributed by atoms with Crippen LogP contribution in [-0.2, 0) is 16.2 Å². The van der Waals surface area contributed by atoms with Gasteiger partial charge in [-0.05, 0) is 57.0 Å². The Hall–Kier alpha value is -4.55. The fraction of sp³-hybridized carbons (Fsp3) is 0.382. The number of nitrogens with zero attached hydrogens (tertiary/aromatic N) is 6. The summed E-state index contributed by atoms with van der Waals surface area (Å²) in [4.78, 5) is 25.9. The van der Waals surface area contributed by atoms with Gasteiger partial charge in [-0.25, -0.2) is 14.4 Å². The molecule has 12 nitrogen and oxygen atoms in total. The first-order valence-electron chi connectivity index (χ1n) is 15.7. The molecule has 2 fully saturated rings. The van der Waals surface area contributed by atoms with Crippen molar-refractivity contribution in [3.05, 3.63) is 83.5 Å². The maximum Gasteiger partial charge on any atom is 0.264 e. The predicted molar refractivity (Wildman–Crippen MR) is 184 cm³/mol. The van der Waals surface area contributed by atoms with Crippen LogP contribution < -0.4 is 15.8 Å². The molecule has 5 rings (SSSR count). The smallest absolute Gasteiger partial charge is 0.264 e. The first kappa shape index (κ1) is 34.8. The van der Waals surface area contributed by atoms with Crippen LogP contribution in [0.25, 0.3) is 0 Å². The molecule has 0 aliphatic carbocycles. The highest BCUT2D eigenvalue weighted by atomic mass is 32.2. The lowest BCUT2D eigenvalue weighted by Crippen LogP contribution is -2.55. The summed E-state index contributed by atoms with van der Waals surface area (Å²) >= 11 is -1.04. The molecule has 1 amide bonds. The van der Waals surface area contributed by atoms with E-state index < -0.39 is 22.7 Å². The van der Waals surface area contributed by atoms with E-state index in [1.165, 1.54) is 18.5 Å². The summed E-state index contributed by atoms with van der Waals surface area (Å²) in [5, 5.41) is 22.2. The van der Waals surface area contributed by atoms with Gasteiger partial charge >= 0.3 is 0 Å². The molecule has 2 saturated heterocycles. The van der Waals surface area contributed by atoms with E-state index in [4.69, 9.17) is 15.9 Å². The van der Waals surface area contributed by atoms with Gasteiger partial charge in [-0.15, -0.1) is 4.31 Å². The Labute approximate surface area is 283 Å².